The maximum absolute atomic E-state index is 14.8. The minimum Gasteiger partial charge on any atom is -0.456 e. The first kappa shape index (κ1) is 20.1. The molecule has 10 heteroatoms. The van der Waals surface area contributed by atoms with Crippen molar-refractivity contribution in [2.45, 2.75) is 24.7 Å². The first-order valence-corrected chi connectivity index (χ1v) is 8.48. The Labute approximate surface area is 164 Å². The molecular weight excluding hydrogens is 387 g/mol. The lowest BCUT2D eigenvalue weighted by molar-refractivity contribution is 0.00453. The number of alkyl halides is 2. The SMILES string of the molecule is C[C@]1(c2cc(NC(=O)c3ccc(C#N)cn3)ccc2F)N=C(N)O[C@H](CF)[C@@H]1F. The maximum Gasteiger partial charge on any atom is 0.283 e. The van der Waals surface area contributed by atoms with E-state index in [-0.39, 0.29) is 22.5 Å². The summed E-state index contributed by atoms with van der Waals surface area (Å²) >= 11 is 0. The van der Waals surface area contributed by atoms with Crippen molar-refractivity contribution < 1.29 is 22.7 Å². The zero-order valence-corrected chi connectivity index (χ0v) is 15.2. The highest BCUT2D eigenvalue weighted by atomic mass is 19.1. The molecule has 2 heterocycles. The number of amidine groups is 1. The summed E-state index contributed by atoms with van der Waals surface area (Å²) in [7, 11) is 0. The number of benzene rings is 1. The predicted octanol–water partition coefficient (Wildman–Crippen LogP) is 2.58. The number of carbonyl (C=O) groups excluding carboxylic acids is 1. The van der Waals surface area contributed by atoms with Crippen LogP contribution in [0.5, 0.6) is 0 Å². The lowest BCUT2D eigenvalue weighted by atomic mass is 9.84. The first-order chi connectivity index (χ1) is 13.8. The van der Waals surface area contributed by atoms with E-state index in [4.69, 9.17) is 15.7 Å². The number of halogens is 3. The summed E-state index contributed by atoms with van der Waals surface area (Å²) in [5, 5.41) is 11.3. The summed E-state index contributed by atoms with van der Waals surface area (Å²) < 4.78 is 47.3. The Morgan fingerprint density at radius 1 is 1.41 bits per heavy atom. The highest BCUT2D eigenvalue weighted by Crippen LogP contribution is 2.39. The van der Waals surface area contributed by atoms with Crippen LogP contribution in [-0.2, 0) is 10.3 Å². The summed E-state index contributed by atoms with van der Waals surface area (Å²) in [5.41, 5.74) is 3.89. The molecule has 0 unspecified atom stereocenters. The van der Waals surface area contributed by atoms with E-state index < -0.39 is 42.2 Å². The van der Waals surface area contributed by atoms with Gasteiger partial charge in [0.25, 0.3) is 11.9 Å². The molecule has 0 saturated heterocycles. The summed E-state index contributed by atoms with van der Waals surface area (Å²) in [4.78, 5) is 20.1. The van der Waals surface area contributed by atoms with Crippen molar-refractivity contribution in [3.63, 3.8) is 0 Å². The van der Waals surface area contributed by atoms with Gasteiger partial charge in [-0.3, -0.25) is 4.79 Å². The number of nitrogens with two attached hydrogens (primary N) is 1. The van der Waals surface area contributed by atoms with Gasteiger partial charge in [-0.05, 0) is 37.3 Å². The van der Waals surface area contributed by atoms with E-state index in [0.29, 0.717) is 0 Å². The van der Waals surface area contributed by atoms with Gasteiger partial charge in [0.15, 0.2) is 12.3 Å². The number of aromatic nitrogens is 1. The van der Waals surface area contributed by atoms with Gasteiger partial charge in [-0.1, -0.05) is 0 Å². The fourth-order valence-corrected chi connectivity index (χ4v) is 2.99. The van der Waals surface area contributed by atoms with E-state index in [1.165, 1.54) is 37.4 Å². The Kier molecular flexibility index (Phi) is 5.41. The van der Waals surface area contributed by atoms with E-state index in [0.717, 1.165) is 6.07 Å². The molecule has 0 bridgehead atoms. The van der Waals surface area contributed by atoms with Crippen molar-refractivity contribution in [3.8, 4) is 6.07 Å². The van der Waals surface area contributed by atoms with Crippen LogP contribution < -0.4 is 11.1 Å². The van der Waals surface area contributed by atoms with Crippen LogP contribution in [0.15, 0.2) is 41.5 Å². The number of amides is 1. The van der Waals surface area contributed by atoms with E-state index in [9.17, 15) is 18.0 Å². The number of hydrogen-bond acceptors (Lipinski definition) is 6. The number of ether oxygens (including phenoxy) is 1. The molecule has 0 saturated carbocycles. The van der Waals surface area contributed by atoms with Crippen LogP contribution >= 0.6 is 0 Å². The molecule has 2 aromatic rings. The second-order valence-electron chi connectivity index (χ2n) is 6.50. The molecule has 1 aliphatic rings. The Bertz CT molecular complexity index is 1010. The first-order valence-electron chi connectivity index (χ1n) is 8.48. The van der Waals surface area contributed by atoms with Crippen molar-refractivity contribution in [2.75, 3.05) is 12.0 Å². The van der Waals surface area contributed by atoms with Crippen LogP contribution in [0.25, 0.3) is 0 Å². The van der Waals surface area contributed by atoms with Gasteiger partial charge in [0.05, 0.1) is 5.56 Å². The molecule has 3 rings (SSSR count). The van der Waals surface area contributed by atoms with Gasteiger partial charge < -0.3 is 15.8 Å². The Hall–Kier alpha value is -3.61. The summed E-state index contributed by atoms with van der Waals surface area (Å²) in [6, 6.07) is 7.69. The average Bonchev–Trinajstić information content (AvgIpc) is 2.72. The van der Waals surface area contributed by atoms with Crippen molar-refractivity contribution in [1.82, 2.24) is 4.98 Å². The summed E-state index contributed by atoms with van der Waals surface area (Å²) in [6.45, 7) is 0.0945. The Morgan fingerprint density at radius 2 is 2.17 bits per heavy atom. The van der Waals surface area contributed by atoms with E-state index in [2.05, 4.69) is 15.3 Å². The normalized spacial score (nSPS) is 23.5. The number of hydrogen-bond donors (Lipinski definition) is 2. The molecule has 150 valence electrons. The number of nitriles is 1. The number of carbonyl (C=O) groups is 1. The van der Waals surface area contributed by atoms with Crippen LogP contribution in [0.4, 0.5) is 18.9 Å². The molecule has 3 atom stereocenters. The van der Waals surface area contributed by atoms with E-state index in [1.807, 2.05) is 6.07 Å². The maximum atomic E-state index is 14.8. The number of nitrogens with one attached hydrogen (secondary N) is 1. The van der Waals surface area contributed by atoms with Gasteiger partial charge in [-0.2, -0.15) is 5.26 Å². The van der Waals surface area contributed by atoms with Gasteiger partial charge >= 0.3 is 0 Å². The molecule has 1 amide bonds. The Morgan fingerprint density at radius 3 is 2.79 bits per heavy atom. The van der Waals surface area contributed by atoms with Crippen molar-refractivity contribution in [3.05, 3.63) is 59.2 Å². The smallest absolute Gasteiger partial charge is 0.283 e. The quantitative estimate of drug-likeness (QED) is 0.815. The minimum absolute atomic E-state index is 0.0234. The fourth-order valence-electron chi connectivity index (χ4n) is 2.99. The lowest BCUT2D eigenvalue weighted by Crippen LogP contribution is -2.50. The highest BCUT2D eigenvalue weighted by Gasteiger charge is 2.48. The fraction of sp³-hybridized carbons (Fsp3) is 0.263. The van der Waals surface area contributed by atoms with Crippen molar-refractivity contribution in [1.29, 1.82) is 5.26 Å². The average molecular weight is 403 g/mol. The molecule has 29 heavy (non-hydrogen) atoms. The zero-order valence-electron chi connectivity index (χ0n) is 15.2. The molecule has 1 aliphatic heterocycles. The third-order valence-electron chi connectivity index (χ3n) is 4.52. The molecule has 0 radical (unpaired) electrons. The molecule has 1 aromatic heterocycles. The molecule has 3 N–H and O–H groups in total. The third-order valence-corrected chi connectivity index (χ3v) is 4.52. The monoisotopic (exact) mass is 403 g/mol. The Balaban J connectivity index is 1.92. The second kappa shape index (κ2) is 7.79. The highest BCUT2D eigenvalue weighted by molar-refractivity contribution is 6.02. The van der Waals surface area contributed by atoms with Crippen molar-refractivity contribution >= 4 is 17.6 Å². The zero-order chi connectivity index (χ0) is 21.2. The van der Waals surface area contributed by atoms with Crippen LogP contribution in [0.2, 0.25) is 0 Å². The van der Waals surface area contributed by atoms with Gasteiger partial charge in [-0.25, -0.2) is 23.1 Å². The lowest BCUT2D eigenvalue weighted by Gasteiger charge is -2.37. The molecule has 1 aromatic carbocycles. The number of anilines is 1. The van der Waals surface area contributed by atoms with Gasteiger partial charge in [0, 0.05) is 17.4 Å². The van der Waals surface area contributed by atoms with Crippen LogP contribution in [-0.4, -0.2) is 35.9 Å². The number of nitrogens with zero attached hydrogens (tertiary/aromatic N) is 3. The molecular formula is C19H16F3N5O2. The molecule has 0 aliphatic carbocycles. The van der Waals surface area contributed by atoms with Crippen molar-refractivity contribution in [2.24, 2.45) is 10.7 Å². The summed E-state index contributed by atoms with van der Waals surface area (Å²) in [6.07, 6.45) is -2.31. The number of rotatable bonds is 4. The predicted molar refractivity (Wildman–Crippen MR) is 98.0 cm³/mol. The van der Waals surface area contributed by atoms with Gasteiger partial charge in [-0.15, -0.1) is 0 Å². The molecule has 0 spiro atoms. The van der Waals surface area contributed by atoms with Crippen LogP contribution in [0, 0.1) is 17.1 Å². The van der Waals surface area contributed by atoms with Gasteiger partial charge in [0.1, 0.15) is 29.8 Å². The van der Waals surface area contributed by atoms with E-state index in [1.54, 1.807) is 0 Å². The largest absolute Gasteiger partial charge is 0.456 e. The summed E-state index contributed by atoms with van der Waals surface area (Å²) in [5.74, 6) is -1.42. The molecule has 7 nitrogen and oxygen atoms in total. The van der Waals surface area contributed by atoms with Gasteiger partial charge in [0.2, 0.25) is 0 Å². The number of aliphatic imine (C=N–C) groups is 1. The molecule has 0 fully saturated rings. The third kappa shape index (κ3) is 3.85. The minimum atomic E-state index is -2.01. The van der Waals surface area contributed by atoms with E-state index >= 15 is 0 Å². The number of pyridine rings is 1. The van der Waals surface area contributed by atoms with Crippen LogP contribution in [0.3, 0.4) is 0 Å². The van der Waals surface area contributed by atoms with Crippen LogP contribution in [0.1, 0.15) is 28.5 Å². The topological polar surface area (TPSA) is 113 Å². The second-order valence-corrected chi connectivity index (χ2v) is 6.50. The standard InChI is InChI=1S/C19H16F3N5O2/c1-19(16(22)15(7-20)29-18(24)27-19)12-6-11(3-4-13(12)21)26-17(28)14-5-2-10(8-23)9-25-14/h2-6,9,15-16H,7H2,1H3,(H2,24,27)(H,26,28)/t15-,16+,19-/m1/s1.